The summed E-state index contributed by atoms with van der Waals surface area (Å²) in [7, 11) is -2.01. The Bertz CT molecular complexity index is 1200. The fourth-order valence-corrected chi connectivity index (χ4v) is 4.82. The number of hydrogen-bond acceptors (Lipinski definition) is 5. The number of nitrogens with one attached hydrogen (secondary N) is 1. The van der Waals surface area contributed by atoms with Gasteiger partial charge in [-0.3, -0.25) is 4.79 Å². The van der Waals surface area contributed by atoms with Crippen molar-refractivity contribution in [1.29, 1.82) is 0 Å². The number of para-hydroxylation sites is 2. The summed E-state index contributed by atoms with van der Waals surface area (Å²) in [4.78, 5) is 16.9. The summed E-state index contributed by atoms with van der Waals surface area (Å²) in [6.07, 6.45) is 0. The van der Waals surface area contributed by atoms with Gasteiger partial charge in [-0.05, 0) is 30.3 Å². The fraction of sp³-hybridized carbons (Fsp3) is 0.300. The number of imidazole rings is 1. The lowest BCUT2D eigenvalue weighted by Gasteiger charge is -2.26. The number of sulfonamides is 1. The van der Waals surface area contributed by atoms with Crippen molar-refractivity contribution in [3.63, 3.8) is 0 Å². The van der Waals surface area contributed by atoms with Gasteiger partial charge in [0.05, 0.1) is 41.3 Å². The smallest absolute Gasteiger partial charge is 0.254 e. The third-order valence-corrected chi connectivity index (χ3v) is 6.97. The average Bonchev–Trinajstić information content (AvgIpc) is 3.08. The first-order valence-corrected chi connectivity index (χ1v) is 10.9. The van der Waals surface area contributed by atoms with Gasteiger partial charge in [0, 0.05) is 20.1 Å². The van der Waals surface area contributed by atoms with Gasteiger partial charge in [0.2, 0.25) is 10.0 Å². The van der Waals surface area contributed by atoms with Crippen molar-refractivity contribution >= 4 is 27.0 Å². The number of ether oxygens (including phenoxy) is 1. The molecule has 0 aliphatic carbocycles. The number of aryl methyl sites for hydroxylation is 1. The fourth-order valence-electron chi connectivity index (χ4n) is 3.38. The molecule has 0 saturated carbocycles. The second-order valence-corrected chi connectivity index (χ2v) is 8.85. The highest BCUT2D eigenvalue weighted by Gasteiger charge is 2.28. The summed E-state index contributed by atoms with van der Waals surface area (Å²) in [5.74, 6) is -0.904. The van der Waals surface area contributed by atoms with Crippen LogP contribution in [0.3, 0.4) is 0 Å². The van der Waals surface area contributed by atoms with E-state index in [0.717, 1.165) is 23.2 Å². The van der Waals surface area contributed by atoms with Gasteiger partial charge in [0.1, 0.15) is 11.6 Å². The van der Waals surface area contributed by atoms with Crippen molar-refractivity contribution in [3.8, 4) is 0 Å². The SMILES string of the molecule is Cn1c(CNC(=O)c2cc(S(=O)(=O)N3CCOCC3)ccc2F)nc2ccccc21. The van der Waals surface area contributed by atoms with E-state index in [0.29, 0.717) is 19.0 Å². The maximum Gasteiger partial charge on any atom is 0.254 e. The summed E-state index contributed by atoms with van der Waals surface area (Å²) in [6.45, 7) is 1.10. The van der Waals surface area contributed by atoms with E-state index in [9.17, 15) is 17.6 Å². The highest BCUT2D eigenvalue weighted by Crippen LogP contribution is 2.21. The molecule has 1 saturated heterocycles. The number of benzene rings is 2. The van der Waals surface area contributed by atoms with Gasteiger partial charge >= 0.3 is 0 Å². The van der Waals surface area contributed by atoms with Crippen LogP contribution >= 0.6 is 0 Å². The monoisotopic (exact) mass is 432 g/mol. The molecule has 1 N–H and O–H groups in total. The zero-order valence-electron chi connectivity index (χ0n) is 16.3. The van der Waals surface area contributed by atoms with Crippen LogP contribution in [0.15, 0.2) is 47.4 Å². The number of morpholine rings is 1. The van der Waals surface area contributed by atoms with Crippen molar-refractivity contribution < 1.29 is 22.3 Å². The first-order valence-electron chi connectivity index (χ1n) is 9.44. The van der Waals surface area contributed by atoms with E-state index in [-0.39, 0.29) is 30.1 Å². The second-order valence-electron chi connectivity index (χ2n) is 6.92. The number of rotatable bonds is 5. The molecule has 8 nitrogen and oxygen atoms in total. The van der Waals surface area contributed by atoms with Gasteiger partial charge in [-0.25, -0.2) is 17.8 Å². The Labute approximate surface area is 173 Å². The standard InChI is InChI=1S/C20H21FN4O4S/c1-24-18-5-3-2-4-17(18)23-19(24)13-22-20(26)15-12-14(6-7-16(15)21)30(27,28)25-8-10-29-11-9-25/h2-7,12H,8-11,13H2,1H3,(H,22,26). The molecule has 2 aromatic carbocycles. The maximum atomic E-state index is 14.3. The molecular formula is C20H21FN4O4S. The van der Waals surface area contributed by atoms with Crippen LogP contribution in [0.5, 0.6) is 0 Å². The van der Waals surface area contributed by atoms with Crippen molar-refractivity contribution in [1.82, 2.24) is 19.2 Å². The van der Waals surface area contributed by atoms with E-state index in [1.807, 2.05) is 35.9 Å². The summed E-state index contributed by atoms with van der Waals surface area (Å²) >= 11 is 0. The Kier molecular flexibility index (Phi) is 5.54. The molecule has 1 aromatic heterocycles. The van der Waals surface area contributed by atoms with E-state index in [4.69, 9.17) is 4.74 Å². The molecule has 0 radical (unpaired) electrons. The topological polar surface area (TPSA) is 93.5 Å². The minimum Gasteiger partial charge on any atom is -0.379 e. The van der Waals surface area contributed by atoms with E-state index in [1.54, 1.807) is 0 Å². The molecule has 2 heterocycles. The first kappa shape index (κ1) is 20.5. The number of hydrogen-bond donors (Lipinski definition) is 1. The van der Waals surface area contributed by atoms with E-state index in [2.05, 4.69) is 10.3 Å². The molecule has 0 bridgehead atoms. The van der Waals surface area contributed by atoms with Crippen molar-refractivity contribution in [2.24, 2.45) is 7.05 Å². The predicted octanol–water partition coefficient (Wildman–Crippen LogP) is 1.66. The Balaban J connectivity index is 1.55. The van der Waals surface area contributed by atoms with Crippen LogP contribution in [-0.4, -0.2) is 54.5 Å². The van der Waals surface area contributed by atoms with Gasteiger partial charge in [0.15, 0.2) is 0 Å². The van der Waals surface area contributed by atoms with Crippen LogP contribution < -0.4 is 5.32 Å². The third kappa shape index (κ3) is 3.81. The van der Waals surface area contributed by atoms with Gasteiger partial charge in [0.25, 0.3) is 5.91 Å². The molecule has 4 rings (SSSR count). The molecule has 0 atom stereocenters. The number of carbonyl (C=O) groups excluding carboxylic acids is 1. The number of fused-ring (bicyclic) bond motifs is 1. The normalized spacial score (nSPS) is 15.4. The molecule has 0 spiro atoms. The summed E-state index contributed by atoms with van der Waals surface area (Å²) in [5.41, 5.74) is 1.36. The van der Waals surface area contributed by atoms with Crippen LogP contribution in [0.2, 0.25) is 0 Å². The molecule has 3 aromatic rings. The van der Waals surface area contributed by atoms with Crippen LogP contribution in [0, 0.1) is 5.82 Å². The molecular weight excluding hydrogens is 411 g/mol. The minimum atomic E-state index is -3.84. The summed E-state index contributed by atoms with van der Waals surface area (Å²) < 4.78 is 48.2. The lowest BCUT2D eigenvalue weighted by atomic mass is 10.2. The number of carbonyl (C=O) groups is 1. The van der Waals surface area contributed by atoms with Gasteiger partial charge in [-0.1, -0.05) is 12.1 Å². The van der Waals surface area contributed by atoms with Crippen LogP contribution in [0.1, 0.15) is 16.2 Å². The first-order chi connectivity index (χ1) is 14.4. The van der Waals surface area contributed by atoms with Crippen molar-refractivity contribution in [3.05, 3.63) is 59.7 Å². The second kappa shape index (κ2) is 8.13. The number of halogens is 1. The lowest BCUT2D eigenvalue weighted by molar-refractivity contribution is 0.0730. The summed E-state index contributed by atoms with van der Waals surface area (Å²) in [5, 5.41) is 2.63. The maximum absolute atomic E-state index is 14.3. The van der Waals surface area contributed by atoms with Crippen molar-refractivity contribution in [2.75, 3.05) is 26.3 Å². The van der Waals surface area contributed by atoms with Crippen LogP contribution in [-0.2, 0) is 28.4 Å². The third-order valence-electron chi connectivity index (χ3n) is 5.08. The molecule has 1 aliphatic rings. The largest absolute Gasteiger partial charge is 0.379 e. The predicted molar refractivity (Wildman–Crippen MR) is 108 cm³/mol. The average molecular weight is 432 g/mol. The quantitative estimate of drug-likeness (QED) is 0.662. The minimum absolute atomic E-state index is 0.0733. The van der Waals surface area contributed by atoms with Crippen LogP contribution in [0.25, 0.3) is 11.0 Å². The Morgan fingerprint density at radius 3 is 2.67 bits per heavy atom. The Morgan fingerprint density at radius 1 is 1.20 bits per heavy atom. The highest BCUT2D eigenvalue weighted by atomic mass is 32.2. The Hall–Kier alpha value is -2.82. The molecule has 1 fully saturated rings. The summed E-state index contributed by atoms with van der Waals surface area (Å²) in [6, 6.07) is 10.8. The van der Waals surface area contributed by atoms with E-state index in [1.165, 1.54) is 10.4 Å². The van der Waals surface area contributed by atoms with E-state index < -0.39 is 21.7 Å². The number of nitrogens with zero attached hydrogens (tertiary/aromatic N) is 3. The number of amides is 1. The molecule has 1 aliphatic heterocycles. The van der Waals surface area contributed by atoms with Gasteiger partial charge < -0.3 is 14.6 Å². The zero-order valence-corrected chi connectivity index (χ0v) is 17.2. The van der Waals surface area contributed by atoms with Gasteiger partial charge in [-0.2, -0.15) is 4.31 Å². The Morgan fingerprint density at radius 2 is 1.93 bits per heavy atom. The zero-order chi connectivity index (χ0) is 21.3. The van der Waals surface area contributed by atoms with Crippen LogP contribution in [0.4, 0.5) is 4.39 Å². The molecule has 158 valence electrons. The van der Waals surface area contributed by atoms with Crippen molar-refractivity contribution in [2.45, 2.75) is 11.4 Å². The molecule has 30 heavy (non-hydrogen) atoms. The lowest BCUT2D eigenvalue weighted by Crippen LogP contribution is -2.40. The number of aromatic nitrogens is 2. The molecule has 1 amide bonds. The highest BCUT2D eigenvalue weighted by molar-refractivity contribution is 7.89. The van der Waals surface area contributed by atoms with Gasteiger partial charge in [-0.15, -0.1) is 0 Å². The van der Waals surface area contributed by atoms with E-state index >= 15 is 0 Å². The molecule has 0 unspecified atom stereocenters. The molecule has 10 heteroatoms.